The highest BCUT2D eigenvalue weighted by molar-refractivity contribution is 5.56. The number of non-ortho nitro benzene ring substituents is 1. The Morgan fingerprint density at radius 3 is 3.00 bits per heavy atom. The zero-order chi connectivity index (χ0) is 15.2. The molecule has 1 aromatic carbocycles. The summed E-state index contributed by atoms with van der Waals surface area (Å²) in [6.45, 7) is 6.29. The van der Waals surface area contributed by atoms with Crippen LogP contribution in [-0.4, -0.2) is 55.8 Å². The summed E-state index contributed by atoms with van der Waals surface area (Å²) in [5.74, 6) is 0.464. The molecule has 2 rings (SSSR count). The Hall–Kier alpha value is -1.86. The van der Waals surface area contributed by atoms with Crippen LogP contribution in [0.5, 0.6) is 5.75 Å². The van der Waals surface area contributed by atoms with Crippen molar-refractivity contribution in [2.24, 2.45) is 0 Å². The van der Waals surface area contributed by atoms with Gasteiger partial charge in [0.05, 0.1) is 30.8 Å². The van der Waals surface area contributed by atoms with Crippen LogP contribution in [0.3, 0.4) is 0 Å². The summed E-state index contributed by atoms with van der Waals surface area (Å²) in [6, 6.07) is 4.65. The van der Waals surface area contributed by atoms with E-state index in [9.17, 15) is 10.1 Å². The fourth-order valence-corrected chi connectivity index (χ4v) is 2.33. The maximum absolute atomic E-state index is 10.9. The summed E-state index contributed by atoms with van der Waals surface area (Å²) in [5, 5.41) is 14.1. The first-order valence-electron chi connectivity index (χ1n) is 7.03. The smallest absolute Gasteiger partial charge is 0.275 e. The molecule has 0 saturated carbocycles. The van der Waals surface area contributed by atoms with Crippen LogP contribution in [0.4, 0.5) is 11.4 Å². The quantitative estimate of drug-likeness (QED) is 0.636. The normalized spacial score (nSPS) is 19.2. The van der Waals surface area contributed by atoms with Crippen molar-refractivity contribution in [1.82, 2.24) is 4.90 Å². The molecule has 1 fully saturated rings. The van der Waals surface area contributed by atoms with E-state index < -0.39 is 4.92 Å². The van der Waals surface area contributed by atoms with Crippen LogP contribution in [0, 0.1) is 10.1 Å². The summed E-state index contributed by atoms with van der Waals surface area (Å²) in [4.78, 5) is 12.8. The highest BCUT2D eigenvalue weighted by atomic mass is 16.6. The summed E-state index contributed by atoms with van der Waals surface area (Å²) in [5.41, 5.74) is 0.676. The predicted octanol–water partition coefficient (Wildman–Crippen LogP) is 1.74. The highest BCUT2D eigenvalue weighted by Crippen LogP contribution is 2.25. The van der Waals surface area contributed by atoms with Gasteiger partial charge in [-0.15, -0.1) is 0 Å². The number of morpholine rings is 1. The number of anilines is 1. The standard InChI is InChI=1S/C14H21N3O4/c1-3-16-4-5-21-14(10-16)9-15-11-6-12(17(18)19)8-13(7-11)20-2/h6-8,14-15H,3-5,9-10H2,1-2H3. The number of rotatable bonds is 6. The molecule has 0 spiro atoms. The number of hydrogen-bond acceptors (Lipinski definition) is 6. The number of nitrogens with zero attached hydrogens (tertiary/aromatic N) is 2. The molecule has 0 aliphatic carbocycles. The molecule has 0 amide bonds. The molecule has 1 unspecified atom stereocenters. The molecule has 116 valence electrons. The molecule has 0 radical (unpaired) electrons. The van der Waals surface area contributed by atoms with Crippen molar-refractivity contribution >= 4 is 11.4 Å². The molecule has 21 heavy (non-hydrogen) atoms. The van der Waals surface area contributed by atoms with Crippen molar-refractivity contribution in [3.05, 3.63) is 28.3 Å². The number of nitrogens with one attached hydrogen (secondary N) is 1. The van der Waals surface area contributed by atoms with Crippen LogP contribution in [0.2, 0.25) is 0 Å². The van der Waals surface area contributed by atoms with Gasteiger partial charge in [0.2, 0.25) is 0 Å². The Kier molecular flexibility index (Phi) is 5.35. The second-order valence-electron chi connectivity index (χ2n) is 4.94. The molecule has 1 aliphatic heterocycles. The first-order chi connectivity index (χ1) is 10.1. The van der Waals surface area contributed by atoms with Crippen LogP contribution >= 0.6 is 0 Å². The Morgan fingerprint density at radius 2 is 2.33 bits per heavy atom. The van der Waals surface area contributed by atoms with Crippen molar-refractivity contribution in [3.63, 3.8) is 0 Å². The van der Waals surface area contributed by atoms with Gasteiger partial charge in [-0.1, -0.05) is 6.92 Å². The Bertz CT molecular complexity index is 495. The molecule has 1 aliphatic rings. The lowest BCUT2D eigenvalue weighted by Gasteiger charge is -2.32. The lowest BCUT2D eigenvalue weighted by atomic mass is 10.2. The van der Waals surface area contributed by atoms with E-state index in [0.717, 1.165) is 26.2 Å². The Balaban J connectivity index is 1.99. The van der Waals surface area contributed by atoms with E-state index >= 15 is 0 Å². The van der Waals surface area contributed by atoms with Crippen molar-refractivity contribution in [1.29, 1.82) is 0 Å². The third-order valence-electron chi connectivity index (χ3n) is 3.54. The first kappa shape index (κ1) is 15.5. The van der Waals surface area contributed by atoms with Gasteiger partial charge in [0.1, 0.15) is 5.75 Å². The largest absolute Gasteiger partial charge is 0.496 e. The molecule has 7 nitrogen and oxygen atoms in total. The number of ether oxygens (including phenoxy) is 2. The predicted molar refractivity (Wildman–Crippen MR) is 80.0 cm³/mol. The molecular weight excluding hydrogens is 274 g/mol. The maximum atomic E-state index is 10.9. The summed E-state index contributed by atoms with van der Waals surface area (Å²) >= 11 is 0. The van der Waals surface area contributed by atoms with E-state index in [4.69, 9.17) is 9.47 Å². The number of methoxy groups -OCH3 is 1. The van der Waals surface area contributed by atoms with Gasteiger partial charge in [-0.3, -0.25) is 15.0 Å². The molecule has 0 aromatic heterocycles. The number of hydrogen-bond donors (Lipinski definition) is 1. The molecular formula is C14H21N3O4. The van der Waals surface area contributed by atoms with Crippen molar-refractivity contribution in [3.8, 4) is 5.75 Å². The lowest BCUT2D eigenvalue weighted by Crippen LogP contribution is -2.45. The Labute approximate surface area is 124 Å². The first-order valence-corrected chi connectivity index (χ1v) is 7.03. The average molecular weight is 295 g/mol. The van der Waals surface area contributed by atoms with Gasteiger partial charge in [-0.25, -0.2) is 0 Å². The van der Waals surface area contributed by atoms with Crippen LogP contribution in [-0.2, 0) is 4.74 Å². The van der Waals surface area contributed by atoms with Crippen molar-refractivity contribution in [2.45, 2.75) is 13.0 Å². The zero-order valence-electron chi connectivity index (χ0n) is 12.4. The van der Waals surface area contributed by atoms with Crippen LogP contribution in [0.25, 0.3) is 0 Å². The lowest BCUT2D eigenvalue weighted by molar-refractivity contribution is -0.384. The number of benzene rings is 1. The maximum Gasteiger partial charge on any atom is 0.275 e. The SMILES string of the molecule is CCN1CCOC(CNc2cc(OC)cc([N+](=O)[O-])c2)C1. The minimum atomic E-state index is -0.427. The highest BCUT2D eigenvalue weighted by Gasteiger charge is 2.19. The molecule has 1 N–H and O–H groups in total. The van der Waals surface area contributed by atoms with Gasteiger partial charge in [-0.2, -0.15) is 0 Å². The monoisotopic (exact) mass is 295 g/mol. The Morgan fingerprint density at radius 1 is 1.52 bits per heavy atom. The van der Waals surface area contributed by atoms with Crippen LogP contribution in [0.1, 0.15) is 6.92 Å². The fraction of sp³-hybridized carbons (Fsp3) is 0.571. The van der Waals surface area contributed by atoms with Gasteiger partial charge in [0, 0.05) is 37.5 Å². The molecule has 1 heterocycles. The van der Waals surface area contributed by atoms with E-state index in [2.05, 4.69) is 17.1 Å². The van der Waals surface area contributed by atoms with Crippen molar-refractivity contribution in [2.75, 3.05) is 45.2 Å². The van der Waals surface area contributed by atoms with E-state index in [1.807, 2.05) is 0 Å². The van der Waals surface area contributed by atoms with Gasteiger partial charge in [0.25, 0.3) is 5.69 Å². The summed E-state index contributed by atoms with van der Waals surface area (Å²) in [7, 11) is 1.49. The van der Waals surface area contributed by atoms with Crippen molar-refractivity contribution < 1.29 is 14.4 Å². The van der Waals surface area contributed by atoms with Crippen LogP contribution in [0.15, 0.2) is 18.2 Å². The number of nitro groups is 1. The molecule has 0 bridgehead atoms. The van der Waals surface area contributed by atoms with E-state index in [1.165, 1.54) is 19.2 Å². The van der Waals surface area contributed by atoms with Gasteiger partial charge in [0.15, 0.2) is 0 Å². The average Bonchev–Trinajstić information content (AvgIpc) is 2.52. The summed E-state index contributed by atoms with van der Waals surface area (Å²) < 4.78 is 10.8. The molecule has 7 heteroatoms. The fourth-order valence-electron chi connectivity index (χ4n) is 2.33. The minimum absolute atomic E-state index is 0.0107. The molecule has 1 saturated heterocycles. The van der Waals surface area contributed by atoms with E-state index in [1.54, 1.807) is 6.07 Å². The van der Waals surface area contributed by atoms with Crippen LogP contribution < -0.4 is 10.1 Å². The van der Waals surface area contributed by atoms with Gasteiger partial charge < -0.3 is 14.8 Å². The van der Waals surface area contributed by atoms with Gasteiger partial charge >= 0.3 is 0 Å². The third-order valence-corrected chi connectivity index (χ3v) is 3.54. The molecule has 1 atom stereocenters. The second kappa shape index (κ2) is 7.24. The number of nitro benzene ring substituents is 1. The molecule has 1 aromatic rings. The minimum Gasteiger partial charge on any atom is -0.496 e. The third kappa shape index (κ3) is 4.30. The zero-order valence-corrected chi connectivity index (χ0v) is 12.4. The van der Waals surface area contributed by atoms with E-state index in [0.29, 0.717) is 18.0 Å². The summed E-state index contributed by atoms with van der Waals surface area (Å²) in [6.07, 6.45) is 0.0870. The number of likely N-dealkylation sites (N-methyl/N-ethyl adjacent to an activating group) is 1. The van der Waals surface area contributed by atoms with E-state index in [-0.39, 0.29) is 11.8 Å². The van der Waals surface area contributed by atoms with Gasteiger partial charge in [-0.05, 0) is 6.54 Å². The topological polar surface area (TPSA) is 76.9 Å². The second-order valence-corrected chi connectivity index (χ2v) is 4.94.